The first-order valence-electron chi connectivity index (χ1n) is 8.08. The highest BCUT2D eigenvalue weighted by Crippen LogP contribution is 2.42. The van der Waals surface area contributed by atoms with Crippen molar-refractivity contribution in [1.82, 2.24) is 5.01 Å². The number of aliphatic hydroxyl groups is 1. The van der Waals surface area contributed by atoms with E-state index in [2.05, 4.69) is 5.10 Å². The molecule has 0 spiro atoms. The highest BCUT2D eigenvalue weighted by atomic mass is 19.4. The van der Waals surface area contributed by atoms with Gasteiger partial charge in [0.05, 0.1) is 19.2 Å². The number of aryl methyl sites for hydroxylation is 1. The Hall–Kier alpha value is -2.87. The zero-order valence-corrected chi connectivity index (χ0v) is 14.6. The molecule has 0 saturated carbocycles. The fourth-order valence-electron chi connectivity index (χ4n) is 2.82. The fourth-order valence-corrected chi connectivity index (χ4v) is 2.82. The van der Waals surface area contributed by atoms with Crippen LogP contribution in [-0.4, -0.2) is 40.7 Å². The first kappa shape index (κ1) is 18.9. The van der Waals surface area contributed by atoms with Crippen LogP contribution in [0.4, 0.5) is 13.2 Å². The molecule has 1 heterocycles. The van der Waals surface area contributed by atoms with Crippen molar-refractivity contribution in [3.8, 4) is 5.75 Å². The molecule has 1 N–H and O–H groups in total. The standard InChI is InChI=1S/C19H17F3N2O3/c1-12-4-3-5-14(10-12)17(25)24-18(26,19(20,21)22)11-16(23-24)13-6-8-15(27-2)9-7-13/h3-10,26H,11H2,1-2H3/t18-/m1/s1. The summed E-state index contributed by atoms with van der Waals surface area (Å²) in [5.74, 6) is -0.502. The molecule has 0 aromatic heterocycles. The molecule has 5 nitrogen and oxygen atoms in total. The number of hydrazone groups is 1. The summed E-state index contributed by atoms with van der Waals surface area (Å²) < 4.78 is 45.9. The zero-order chi connectivity index (χ0) is 19.8. The number of ether oxygens (including phenoxy) is 1. The van der Waals surface area contributed by atoms with Crippen LogP contribution in [0.25, 0.3) is 0 Å². The number of nitrogens with zero attached hydrogens (tertiary/aromatic N) is 2. The lowest BCUT2D eigenvalue weighted by Gasteiger charge is -2.32. The summed E-state index contributed by atoms with van der Waals surface area (Å²) in [4.78, 5) is 12.7. The first-order valence-corrected chi connectivity index (χ1v) is 8.08. The summed E-state index contributed by atoms with van der Waals surface area (Å²) in [6.45, 7) is 1.71. The van der Waals surface area contributed by atoms with E-state index in [0.717, 1.165) is 0 Å². The van der Waals surface area contributed by atoms with E-state index in [1.165, 1.54) is 31.4 Å². The Kier molecular flexibility index (Phi) is 4.69. The van der Waals surface area contributed by atoms with Crippen molar-refractivity contribution in [2.24, 2.45) is 5.10 Å². The monoisotopic (exact) mass is 378 g/mol. The van der Waals surface area contributed by atoms with Crippen molar-refractivity contribution in [3.63, 3.8) is 0 Å². The molecule has 1 aliphatic heterocycles. The maximum Gasteiger partial charge on any atom is 0.438 e. The Morgan fingerprint density at radius 1 is 1.22 bits per heavy atom. The van der Waals surface area contributed by atoms with Gasteiger partial charge >= 0.3 is 6.18 Å². The van der Waals surface area contributed by atoms with Crippen molar-refractivity contribution in [2.45, 2.75) is 25.2 Å². The second kappa shape index (κ2) is 6.70. The summed E-state index contributed by atoms with van der Waals surface area (Å²) in [7, 11) is 1.47. The van der Waals surface area contributed by atoms with Crippen molar-refractivity contribution < 1.29 is 27.8 Å². The van der Waals surface area contributed by atoms with Crippen molar-refractivity contribution in [2.75, 3.05) is 7.11 Å². The highest BCUT2D eigenvalue weighted by Gasteiger charge is 2.63. The van der Waals surface area contributed by atoms with E-state index < -0.39 is 24.2 Å². The van der Waals surface area contributed by atoms with Crippen molar-refractivity contribution in [1.29, 1.82) is 0 Å². The fraction of sp³-hybridized carbons (Fsp3) is 0.263. The molecule has 142 valence electrons. The number of hydrogen-bond donors (Lipinski definition) is 1. The minimum absolute atomic E-state index is 0.0115. The van der Waals surface area contributed by atoms with Crippen LogP contribution >= 0.6 is 0 Å². The van der Waals surface area contributed by atoms with Gasteiger partial charge in [-0.1, -0.05) is 17.7 Å². The maximum atomic E-state index is 13.6. The van der Waals surface area contributed by atoms with Crippen molar-refractivity contribution >= 4 is 11.6 Å². The third-order valence-corrected chi connectivity index (χ3v) is 4.32. The SMILES string of the molecule is COc1ccc(C2=NN(C(=O)c3cccc(C)c3)[C@](O)(C(F)(F)F)C2)cc1. The van der Waals surface area contributed by atoms with E-state index in [4.69, 9.17) is 4.74 Å². The molecule has 27 heavy (non-hydrogen) atoms. The molecule has 3 rings (SSSR count). The van der Waals surface area contributed by atoms with Crippen LogP contribution in [0.15, 0.2) is 53.6 Å². The molecular weight excluding hydrogens is 361 g/mol. The van der Waals surface area contributed by atoms with Crippen LogP contribution in [0.2, 0.25) is 0 Å². The molecule has 2 aromatic carbocycles. The minimum Gasteiger partial charge on any atom is -0.497 e. The molecule has 1 aliphatic rings. The van der Waals surface area contributed by atoms with Gasteiger partial charge < -0.3 is 9.84 Å². The third kappa shape index (κ3) is 3.40. The van der Waals surface area contributed by atoms with Gasteiger partial charge in [0.1, 0.15) is 5.75 Å². The lowest BCUT2D eigenvalue weighted by Crippen LogP contribution is -2.56. The van der Waals surface area contributed by atoms with Gasteiger partial charge in [-0.2, -0.15) is 23.3 Å². The normalized spacial score (nSPS) is 19.8. The predicted octanol–water partition coefficient (Wildman–Crippen LogP) is 3.50. The molecule has 0 fully saturated rings. The number of methoxy groups -OCH3 is 1. The average molecular weight is 378 g/mol. The summed E-state index contributed by atoms with van der Waals surface area (Å²) >= 11 is 0. The molecule has 0 saturated heterocycles. The number of hydrogen-bond acceptors (Lipinski definition) is 4. The zero-order valence-electron chi connectivity index (χ0n) is 14.6. The Balaban J connectivity index is 2.03. The third-order valence-electron chi connectivity index (χ3n) is 4.32. The van der Waals surface area contributed by atoms with Crippen LogP contribution in [-0.2, 0) is 0 Å². The second-order valence-corrected chi connectivity index (χ2v) is 6.25. The van der Waals surface area contributed by atoms with Gasteiger partial charge in [-0.3, -0.25) is 4.79 Å². The number of benzene rings is 2. The van der Waals surface area contributed by atoms with Gasteiger partial charge in [-0.25, -0.2) is 0 Å². The smallest absolute Gasteiger partial charge is 0.438 e. The Morgan fingerprint density at radius 3 is 2.44 bits per heavy atom. The van der Waals surface area contributed by atoms with Crippen LogP contribution in [0.5, 0.6) is 5.75 Å². The number of rotatable bonds is 3. The van der Waals surface area contributed by atoms with E-state index in [1.54, 1.807) is 31.2 Å². The van der Waals surface area contributed by atoms with E-state index in [0.29, 0.717) is 16.9 Å². The topological polar surface area (TPSA) is 62.1 Å². The number of halogens is 3. The van der Waals surface area contributed by atoms with Crippen LogP contribution in [0.3, 0.4) is 0 Å². The molecule has 0 bridgehead atoms. The number of carbonyl (C=O) groups is 1. The van der Waals surface area contributed by atoms with E-state index in [9.17, 15) is 23.1 Å². The molecule has 2 aromatic rings. The predicted molar refractivity (Wildman–Crippen MR) is 92.5 cm³/mol. The lowest BCUT2D eigenvalue weighted by molar-refractivity contribution is -0.297. The Morgan fingerprint density at radius 2 is 1.89 bits per heavy atom. The van der Waals surface area contributed by atoms with Gasteiger partial charge in [0.2, 0.25) is 0 Å². The average Bonchev–Trinajstić information content (AvgIpc) is 3.00. The molecule has 0 radical (unpaired) electrons. The highest BCUT2D eigenvalue weighted by molar-refractivity contribution is 6.05. The number of carbonyl (C=O) groups excluding carboxylic acids is 1. The van der Waals surface area contributed by atoms with E-state index >= 15 is 0 Å². The van der Waals surface area contributed by atoms with Crippen molar-refractivity contribution in [3.05, 3.63) is 65.2 Å². The molecule has 1 atom stereocenters. The van der Waals surface area contributed by atoms with Crippen LogP contribution < -0.4 is 4.74 Å². The van der Waals surface area contributed by atoms with Gasteiger partial charge in [0, 0.05) is 5.56 Å². The van der Waals surface area contributed by atoms with Gasteiger partial charge in [-0.15, -0.1) is 0 Å². The summed E-state index contributed by atoms with van der Waals surface area (Å²) in [6, 6.07) is 12.3. The van der Waals surface area contributed by atoms with Crippen LogP contribution in [0, 0.1) is 6.92 Å². The van der Waals surface area contributed by atoms with E-state index in [-0.39, 0.29) is 16.3 Å². The molecule has 1 amide bonds. The largest absolute Gasteiger partial charge is 0.497 e. The molecular formula is C19H17F3N2O3. The molecule has 0 aliphatic carbocycles. The first-order chi connectivity index (χ1) is 12.7. The Bertz CT molecular complexity index is 894. The van der Waals surface area contributed by atoms with Crippen LogP contribution in [0.1, 0.15) is 27.9 Å². The second-order valence-electron chi connectivity index (χ2n) is 6.25. The van der Waals surface area contributed by atoms with Gasteiger partial charge in [0.15, 0.2) is 0 Å². The minimum atomic E-state index is -5.08. The van der Waals surface area contributed by atoms with E-state index in [1.807, 2.05) is 0 Å². The van der Waals surface area contributed by atoms with Gasteiger partial charge in [-0.05, 0) is 48.9 Å². The quantitative estimate of drug-likeness (QED) is 0.889. The molecule has 8 heteroatoms. The number of alkyl halides is 3. The van der Waals surface area contributed by atoms with Gasteiger partial charge in [0.25, 0.3) is 11.6 Å². The summed E-state index contributed by atoms with van der Waals surface area (Å²) in [6.07, 6.45) is -5.94. The summed E-state index contributed by atoms with van der Waals surface area (Å²) in [5, 5.41) is 14.3. The molecule has 0 unspecified atom stereocenters. The summed E-state index contributed by atoms with van der Waals surface area (Å²) in [5.41, 5.74) is -2.38. The lowest BCUT2D eigenvalue weighted by atomic mass is 10.0. The Labute approximate surface area is 153 Å². The number of amides is 1. The maximum absolute atomic E-state index is 13.6.